The maximum atomic E-state index is 11.2. The van der Waals surface area contributed by atoms with E-state index in [1.807, 2.05) is 20.8 Å². The van der Waals surface area contributed by atoms with Crippen molar-refractivity contribution in [3.05, 3.63) is 0 Å². The molecule has 3 heteroatoms. The van der Waals surface area contributed by atoms with Crippen LogP contribution in [0.15, 0.2) is 0 Å². The van der Waals surface area contributed by atoms with Gasteiger partial charge in [-0.2, -0.15) is 0 Å². The smallest absolute Gasteiger partial charge is 0.140 e. The molecule has 0 unspecified atom stereocenters. The first-order valence-corrected chi connectivity index (χ1v) is 4.38. The molecule has 0 spiro atoms. The van der Waals surface area contributed by atoms with Crippen LogP contribution >= 0.6 is 0 Å². The summed E-state index contributed by atoms with van der Waals surface area (Å²) in [5.74, 6) is 0.110. The molecule has 0 aromatic rings. The number of hydrogen-bond acceptors (Lipinski definition) is 2. The average molecular weight is 365 g/mol. The standard InChI is InChI=1S/C10H18O2.Pt/c1-5-8(11)6-9(12)7-10(2,3)4;/h5-7H2,1-4H3;. The third kappa shape index (κ3) is 9.95. The van der Waals surface area contributed by atoms with Gasteiger partial charge in [0.25, 0.3) is 0 Å². The van der Waals surface area contributed by atoms with E-state index in [2.05, 4.69) is 0 Å². The van der Waals surface area contributed by atoms with Gasteiger partial charge in [-0.1, -0.05) is 27.7 Å². The van der Waals surface area contributed by atoms with Gasteiger partial charge in [-0.25, -0.2) is 0 Å². The summed E-state index contributed by atoms with van der Waals surface area (Å²) in [7, 11) is 0. The largest absolute Gasteiger partial charge is 0.299 e. The number of ketones is 2. The monoisotopic (exact) mass is 365 g/mol. The summed E-state index contributed by atoms with van der Waals surface area (Å²) >= 11 is 0. The van der Waals surface area contributed by atoms with Gasteiger partial charge in [0.05, 0.1) is 6.42 Å². The van der Waals surface area contributed by atoms with Crippen LogP contribution in [0, 0.1) is 5.41 Å². The van der Waals surface area contributed by atoms with E-state index in [1.54, 1.807) is 6.92 Å². The Balaban J connectivity index is 0. The molecule has 80 valence electrons. The van der Waals surface area contributed by atoms with Gasteiger partial charge in [0.15, 0.2) is 0 Å². The van der Waals surface area contributed by atoms with Crippen LogP contribution in [0.1, 0.15) is 47.0 Å². The first-order chi connectivity index (χ1) is 5.35. The molecule has 2 nitrogen and oxygen atoms in total. The number of Topliss-reactive ketones (excluding diaryl/α,β-unsaturated/α-hetero) is 2. The molecule has 0 radical (unpaired) electrons. The molecule has 0 saturated heterocycles. The predicted molar refractivity (Wildman–Crippen MR) is 49.0 cm³/mol. The summed E-state index contributed by atoms with van der Waals surface area (Å²) < 4.78 is 0. The number of carbonyl (C=O) groups excluding carboxylic acids is 2. The summed E-state index contributed by atoms with van der Waals surface area (Å²) in [6.45, 7) is 7.79. The molecule has 13 heavy (non-hydrogen) atoms. The molecule has 0 aromatic carbocycles. The molecule has 0 saturated carbocycles. The maximum Gasteiger partial charge on any atom is 0.140 e. The minimum absolute atomic E-state index is 0. The molecule has 0 rings (SSSR count). The van der Waals surface area contributed by atoms with Crippen LogP contribution in [-0.4, -0.2) is 11.6 Å². The van der Waals surface area contributed by atoms with E-state index in [0.29, 0.717) is 12.8 Å². The van der Waals surface area contributed by atoms with Gasteiger partial charge < -0.3 is 0 Å². The van der Waals surface area contributed by atoms with E-state index in [4.69, 9.17) is 0 Å². The quantitative estimate of drug-likeness (QED) is 0.717. The van der Waals surface area contributed by atoms with Crippen molar-refractivity contribution in [1.29, 1.82) is 0 Å². The van der Waals surface area contributed by atoms with E-state index in [9.17, 15) is 9.59 Å². The zero-order valence-corrected chi connectivity index (χ0v) is 11.0. The van der Waals surface area contributed by atoms with E-state index >= 15 is 0 Å². The second-order valence-corrected chi connectivity index (χ2v) is 4.35. The summed E-state index contributed by atoms with van der Waals surface area (Å²) in [5.41, 5.74) is 0.00506. The topological polar surface area (TPSA) is 34.1 Å². The molecular formula is C10H18O2Pt. The van der Waals surface area contributed by atoms with Crippen molar-refractivity contribution in [2.75, 3.05) is 0 Å². The van der Waals surface area contributed by atoms with E-state index in [1.165, 1.54) is 0 Å². The number of rotatable bonds is 4. The molecule has 0 fully saturated rings. The van der Waals surface area contributed by atoms with Crippen molar-refractivity contribution >= 4 is 11.6 Å². The summed E-state index contributed by atoms with van der Waals surface area (Å²) in [4.78, 5) is 22.1. The zero-order valence-electron chi connectivity index (χ0n) is 8.75. The van der Waals surface area contributed by atoms with Crippen LogP contribution in [0.2, 0.25) is 0 Å². The molecule has 0 amide bonds. The Morgan fingerprint density at radius 1 is 1.08 bits per heavy atom. The van der Waals surface area contributed by atoms with Crippen LogP contribution in [0.25, 0.3) is 0 Å². The fraction of sp³-hybridized carbons (Fsp3) is 0.800. The second-order valence-electron chi connectivity index (χ2n) is 4.35. The van der Waals surface area contributed by atoms with Gasteiger partial charge in [-0.3, -0.25) is 9.59 Å². The van der Waals surface area contributed by atoms with E-state index in [-0.39, 0.29) is 44.5 Å². The Morgan fingerprint density at radius 2 is 1.54 bits per heavy atom. The Kier molecular flexibility index (Phi) is 7.72. The Hall–Kier alpha value is 0.0283. The molecule has 0 aromatic heterocycles. The van der Waals surface area contributed by atoms with Crippen molar-refractivity contribution in [2.45, 2.75) is 47.0 Å². The molecule has 0 aliphatic heterocycles. The van der Waals surface area contributed by atoms with Gasteiger partial charge >= 0.3 is 0 Å². The van der Waals surface area contributed by atoms with Crippen LogP contribution < -0.4 is 0 Å². The van der Waals surface area contributed by atoms with Crippen molar-refractivity contribution < 1.29 is 30.7 Å². The van der Waals surface area contributed by atoms with Crippen LogP contribution in [-0.2, 0) is 30.7 Å². The van der Waals surface area contributed by atoms with Gasteiger partial charge in [0.1, 0.15) is 11.6 Å². The Morgan fingerprint density at radius 3 is 1.85 bits per heavy atom. The molecule has 0 atom stereocenters. The number of carbonyl (C=O) groups is 2. The molecule has 0 aliphatic carbocycles. The van der Waals surface area contributed by atoms with Crippen molar-refractivity contribution in [3.8, 4) is 0 Å². The minimum atomic E-state index is 0. The first-order valence-electron chi connectivity index (χ1n) is 4.38. The Labute approximate surface area is 94.7 Å². The van der Waals surface area contributed by atoms with Crippen LogP contribution in [0.4, 0.5) is 0 Å². The molecular weight excluding hydrogens is 347 g/mol. The predicted octanol–water partition coefficient (Wildman–Crippen LogP) is 2.36. The molecule has 0 heterocycles. The third-order valence-electron chi connectivity index (χ3n) is 1.52. The van der Waals surface area contributed by atoms with Gasteiger partial charge in [0, 0.05) is 33.9 Å². The van der Waals surface area contributed by atoms with E-state index < -0.39 is 0 Å². The molecule has 0 aliphatic rings. The van der Waals surface area contributed by atoms with Gasteiger partial charge in [-0.05, 0) is 5.41 Å². The van der Waals surface area contributed by atoms with Crippen molar-refractivity contribution in [3.63, 3.8) is 0 Å². The Bertz CT molecular complexity index is 180. The van der Waals surface area contributed by atoms with Crippen molar-refractivity contribution in [2.24, 2.45) is 5.41 Å². The zero-order chi connectivity index (χ0) is 9.78. The van der Waals surface area contributed by atoms with Crippen LogP contribution in [0.5, 0.6) is 0 Å². The SMILES string of the molecule is CCC(=O)CC(=O)CC(C)(C)C.[Pt]. The van der Waals surface area contributed by atoms with Gasteiger partial charge in [-0.15, -0.1) is 0 Å². The minimum Gasteiger partial charge on any atom is -0.299 e. The van der Waals surface area contributed by atoms with Gasteiger partial charge in [0.2, 0.25) is 0 Å². The van der Waals surface area contributed by atoms with Crippen molar-refractivity contribution in [1.82, 2.24) is 0 Å². The fourth-order valence-corrected chi connectivity index (χ4v) is 0.999. The first kappa shape index (κ1) is 15.5. The normalized spacial score (nSPS) is 10.5. The number of hydrogen-bond donors (Lipinski definition) is 0. The second kappa shape index (κ2) is 6.48. The summed E-state index contributed by atoms with van der Waals surface area (Å²) in [6.07, 6.45) is 1.09. The average Bonchev–Trinajstić information content (AvgIpc) is 1.82. The maximum absolute atomic E-state index is 11.2. The van der Waals surface area contributed by atoms with E-state index in [0.717, 1.165) is 0 Å². The summed E-state index contributed by atoms with van der Waals surface area (Å²) in [6, 6.07) is 0. The third-order valence-corrected chi connectivity index (χ3v) is 1.52. The fourth-order valence-electron chi connectivity index (χ4n) is 0.999. The molecule has 0 N–H and O–H groups in total. The summed E-state index contributed by atoms with van der Waals surface area (Å²) in [5, 5.41) is 0. The van der Waals surface area contributed by atoms with Crippen LogP contribution in [0.3, 0.4) is 0 Å². The molecule has 0 bridgehead atoms.